The van der Waals surface area contributed by atoms with Crippen LogP contribution >= 0.6 is 11.3 Å². The lowest BCUT2D eigenvalue weighted by Crippen LogP contribution is -2.53. The zero-order valence-corrected chi connectivity index (χ0v) is 30.5. The van der Waals surface area contributed by atoms with Gasteiger partial charge in [0.1, 0.15) is 12.1 Å². The van der Waals surface area contributed by atoms with E-state index in [1.165, 1.54) is 49.0 Å². The number of carbonyl (C=O) groups excluding carboxylic acids is 3. The number of thiophene rings is 1. The highest BCUT2D eigenvalue weighted by Crippen LogP contribution is 2.37. The van der Waals surface area contributed by atoms with Crippen LogP contribution in [0.25, 0.3) is 22.5 Å². The van der Waals surface area contributed by atoms with Gasteiger partial charge < -0.3 is 21.5 Å². The average Bonchev–Trinajstić information content (AvgIpc) is 3.63. The first-order valence-corrected chi connectivity index (χ1v) is 18.4. The second-order valence-electron chi connectivity index (χ2n) is 14.5. The topological polar surface area (TPSA) is 164 Å². The first kappa shape index (κ1) is 37.4. The van der Waals surface area contributed by atoms with E-state index in [4.69, 9.17) is 5.73 Å². The van der Waals surface area contributed by atoms with Crippen molar-refractivity contribution in [2.45, 2.75) is 96.1 Å². The Bertz CT molecular complexity index is 1820. The molecule has 268 valence electrons. The van der Waals surface area contributed by atoms with Crippen LogP contribution in [0.2, 0.25) is 0 Å². The van der Waals surface area contributed by atoms with Crippen molar-refractivity contribution in [2.24, 2.45) is 11.7 Å². The highest BCUT2D eigenvalue weighted by Gasteiger charge is 2.29. The smallest absolute Gasteiger partial charge is 0.326 e. The molecule has 0 unspecified atom stereocenters. The molecule has 5 N–H and O–H groups in total. The predicted molar refractivity (Wildman–Crippen MR) is 199 cm³/mol. The lowest BCUT2D eigenvalue weighted by Gasteiger charge is -2.28. The minimum atomic E-state index is -1.53. The summed E-state index contributed by atoms with van der Waals surface area (Å²) < 4.78 is 0. The maximum Gasteiger partial charge on any atom is 0.326 e. The summed E-state index contributed by atoms with van der Waals surface area (Å²) in [6.45, 7) is 8.42. The molecule has 3 amide bonds. The van der Waals surface area contributed by atoms with E-state index in [9.17, 15) is 24.3 Å². The Hall–Kier alpha value is -4.90. The second kappa shape index (κ2) is 16.4. The van der Waals surface area contributed by atoms with Crippen LogP contribution in [0.4, 0.5) is 0 Å². The molecule has 0 radical (unpaired) electrons. The number of hydrogen-bond donors (Lipinski definition) is 4. The number of aromatic nitrogens is 2. The molecule has 0 spiro atoms. The maximum atomic E-state index is 13.4. The summed E-state index contributed by atoms with van der Waals surface area (Å²) in [7, 11) is 0. The number of aliphatic carboxylic acids is 1. The molecule has 0 saturated heterocycles. The van der Waals surface area contributed by atoms with Gasteiger partial charge in [-0.2, -0.15) is 0 Å². The highest BCUT2D eigenvalue weighted by atomic mass is 32.1. The van der Waals surface area contributed by atoms with E-state index in [1.54, 1.807) is 6.07 Å². The number of rotatable bonds is 13. The molecular weight excluding hydrogens is 663 g/mol. The third kappa shape index (κ3) is 9.88. The number of nitrogens with zero attached hydrogens (tertiary/aromatic N) is 2. The molecule has 51 heavy (non-hydrogen) atoms. The minimum absolute atomic E-state index is 0.0636. The van der Waals surface area contributed by atoms with Crippen LogP contribution in [-0.4, -0.2) is 50.8 Å². The third-order valence-corrected chi connectivity index (χ3v) is 11.2. The Morgan fingerprint density at radius 1 is 0.843 bits per heavy atom. The molecule has 2 heterocycles. The fourth-order valence-corrected chi connectivity index (χ4v) is 7.45. The van der Waals surface area contributed by atoms with Crippen molar-refractivity contribution in [3.05, 3.63) is 93.9 Å². The maximum absolute atomic E-state index is 13.4. The Labute approximate surface area is 303 Å². The van der Waals surface area contributed by atoms with Crippen LogP contribution in [-0.2, 0) is 26.2 Å². The Balaban J connectivity index is 1.27. The lowest BCUT2D eigenvalue weighted by atomic mass is 9.78. The standard InChI is InChI=1S/C40H47N5O5S/c1-5-24-6-10-26(11-7-24)27-14-16-28(17-15-27)30-22-42-36(43-23-30)29-12-8-25(9-13-29)20-31(37(47)45-32(39(49)50)21-35(41)46)44-38(48)33-18-19-34(51-33)40(2,3)4/h8-9,12-19,22-24,26,31-32H,5-7,10-11,20-21H2,1-4H3,(H2,41,46)(H,44,48)(H,45,47)(H,49,50)/t24?,26?,31-,32-/m0/s1. The van der Waals surface area contributed by atoms with Crippen LogP contribution in [0, 0.1) is 5.92 Å². The first-order chi connectivity index (χ1) is 24.3. The molecule has 2 aromatic carbocycles. The summed E-state index contributed by atoms with van der Waals surface area (Å²) in [4.78, 5) is 60.5. The van der Waals surface area contributed by atoms with Crippen LogP contribution in [0.1, 0.15) is 97.8 Å². The van der Waals surface area contributed by atoms with E-state index >= 15 is 0 Å². The molecule has 1 aliphatic carbocycles. The third-order valence-electron chi connectivity index (χ3n) is 9.65. The van der Waals surface area contributed by atoms with E-state index in [0.29, 0.717) is 22.2 Å². The quantitative estimate of drug-likeness (QED) is 0.121. The van der Waals surface area contributed by atoms with Crippen molar-refractivity contribution in [3.8, 4) is 22.5 Å². The predicted octanol–water partition coefficient (Wildman–Crippen LogP) is 6.64. The molecule has 1 aliphatic rings. The fraction of sp³-hybridized carbons (Fsp3) is 0.400. The number of carboxylic acids is 1. The van der Waals surface area contributed by atoms with Crippen molar-refractivity contribution in [3.63, 3.8) is 0 Å². The van der Waals surface area contributed by atoms with Crippen molar-refractivity contribution in [2.75, 3.05) is 0 Å². The molecule has 2 atom stereocenters. The summed E-state index contributed by atoms with van der Waals surface area (Å²) in [5.74, 6) is -1.44. The Morgan fingerprint density at radius 3 is 2.02 bits per heavy atom. The van der Waals surface area contributed by atoms with Crippen LogP contribution in [0.15, 0.2) is 73.1 Å². The SMILES string of the molecule is CCC1CCC(c2ccc(-c3cnc(-c4ccc(C[C@H](NC(=O)c5ccc(C(C)(C)C)s5)C(=O)N[C@@H](CC(N)=O)C(=O)O)cc4)nc3)cc2)CC1. The van der Waals surface area contributed by atoms with Gasteiger partial charge in [-0.25, -0.2) is 14.8 Å². The van der Waals surface area contributed by atoms with Gasteiger partial charge in [-0.3, -0.25) is 14.4 Å². The van der Waals surface area contributed by atoms with Gasteiger partial charge in [0.15, 0.2) is 5.82 Å². The molecule has 2 aromatic heterocycles. The van der Waals surface area contributed by atoms with Gasteiger partial charge in [0.05, 0.1) is 11.3 Å². The zero-order valence-electron chi connectivity index (χ0n) is 29.6. The highest BCUT2D eigenvalue weighted by molar-refractivity contribution is 7.14. The summed E-state index contributed by atoms with van der Waals surface area (Å²) in [6, 6.07) is 17.0. The molecule has 11 heteroatoms. The van der Waals surface area contributed by atoms with Gasteiger partial charge in [0.2, 0.25) is 11.8 Å². The number of carbonyl (C=O) groups is 4. The van der Waals surface area contributed by atoms with Crippen molar-refractivity contribution < 1.29 is 24.3 Å². The number of carboxylic acid groups (broad SMARTS) is 1. The molecule has 0 bridgehead atoms. The van der Waals surface area contributed by atoms with Crippen molar-refractivity contribution >= 4 is 35.0 Å². The molecule has 5 rings (SSSR count). The van der Waals surface area contributed by atoms with Crippen LogP contribution in [0.5, 0.6) is 0 Å². The summed E-state index contributed by atoms with van der Waals surface area (Å²) >= 11 is 1.33. The van der Waals surface area contributed by atoms with Gasteiger partial charge >= 0.3 is 5.97 Å². The van der Waals surface area contributed by atoms with Gasteiger partial charge in [-0.05, 0) is 71.8 Å². The largest absolute Gasteiger partial charge is 0.480 e. The first-order valence-electron chi connectivity index (χ1n) is 17.5. The Kier molecular flexibility index (Phi) is 12.0. The molecule has 1 fully saturated rings. The summed E-state index contributed by atoms with van der Waals surface area (Å²) in [5.41, 5.74) is 9.92. The zero-order chi connectivity index (χ0) is 36.7. The number of hydrogen-bond acceptors (Lipinski definition) is 7. The number of primary amides is 1. The Morgan fingerprint density at radius 2 is 1.47 bits per heavy atom. The van der Waals surface area contributed by atoms with Gasteiger partial charge in [0, 0.05) is 34.8 Å². The lowest BCUT2D eigenvalue weighted by molar-refractivity contribution is -0.143. The number of nitrogens with two attached hydrogens (primary N) is 1. The van der Waals surface area contributed by atoms with E-state index in [0.717, 1.165) is 27.5 Å². The minimum Gasteiger partial charge on any atom is -0.480 e. The average molecular weight is 710 g/mol. The number of benzene rings is 2. The van der Waals surface area contributed by atoms with E-state index in [2.05, 4.69) is 51.8 Å². The van der Waals surface area contributed by atoms with E-state index in [-0.39, 0.29) is 11.8 Å². The number of amides is 3. The monoisotopic (exact) mass is 709 g/mol. The second-order valence-corrected chi connectivity index (χ2v) is 15.5. The van der Waals surface area contributed by atoms with Gasteiger partial charge in [-0.15, -0.1) is 11.3 Å². The van der Waals surface area contributed by atoms with Crippen LogP contribution < -0.4 is 16.4 Å². The van der Waals surface area contributed by atoms with Crippen LogP contribution in [0.3, 0.4) is 0 Å². The van der Waals surface area contributed by atoms with E-state index < -0.39 is 42.2 Å². The summed E-state index contributed by atoms with van der Waals surface area (Å²) in [5, 5.41) is 14.7. The van der Waals surface area contributed by atoms with Gasteiger partial charge in [0.25, 0.3) is 5.91 Å². The van der Waals surface area contributed by atoms with Gasteiger partial charge in [-0.1, -0.05) is 82.6 Å². The molecule has 4 aromatic rings. The van der Waals surface area contributed by atoms with Crippen molar-refractivity contribution in [1.29, 1.82) is 0 Å². The fourth-order valence-electron chi connectivity index (χ4n) is 6.48. The number of nitrogens with one attached hydrogen (secondary N) is 2. The molecule has 1 saturated carbocycles. The van der Waals surface area contributed by atoms with E-state index in [1.807, 2.05) is 63.5 Å². The summed E-state index contributed by atoms with van der Waals surface area (Å²) in [6.07, 6.45) is 9.52. The molecular formula is C40H47N5O5S. The van der Waals surface area contributed by atoms with Crippen molar-refractivity contribution in [1.82, 2.24) is 20.6 Å². The molecule has 0 aliphatic heterocycles. The normalized spacial score (nSPS) is 17.3. The molecule has 10 nitrogen and oxygen atoms in total.